The van der Waals surface area contributed by atoms with Gasteiger partial charge in [-0.25, -0.2) is 5.43 Å². The smallest absolute Gasteiger partial charge is 0.250 e. The quantitative estimate of drug-likeness (QED) is 0.167. The molecule has 1 aromatic heterocycles. The number of ether oxygens (including phenoxy) is 1. The summed E-state index contributed by atoms with van der Waals surface area (Å²) >= 11 is 7.37. The lowest BCUT2D eigenvalue weighted by Gasteiger charge is -2.11. The molecule has 0 saturated carbocycles. The summed E-state index contributed by atoms with van der Waals surface area (Å²) in [6.45, 7) is 4.30. The van der Waals surface area contributed by atoms with E-state index in [2.05, 4.69) is 46.7 Å². The zero-order valence-electron chi connectivity index (χ0n) is 20.2. The third kappa shape index (κ3) is 6.33. The van der Waals surface area contributed by atoms with Crippen LogP contribution in [0, 0.1) is 0 Å². The number of benzene rings is 3. The summed E-state index contributed by atoms with van der Waals surface area (Å²) < 4.78 is 7.16. The maximum atomic E-state index is 12.5. The zero-order valence-corrected chi connectivity index (χ0v) is 21.8. The molecule has 0 saturated heterocycles. The van der Waals surface area contributed by atoms with Gasteiger partial charge in [0, 0.05) is 16.3 Å². The molecule has 7 nitrogen and oxygen atoms in total. The molecule has 0 aliphatic heterocycles. The minimum absolute atomic E-state index is 0.123. The summed E-state index contributed by atoms with van der Waals surface area (Å²) in [5.41, 5.74) is 6.45. The molecule has 4 rings (SSSR count). The maximum absolute atomic E-state index is 12.5. The highest BCUT2D eigenvalue weighted by Gasteiger charge is 2.17. The van der Waals surface area contributed by atoms with Crippen LogP contribution in [0.5, 0.6) is 5.75 Å². The van der Waals surface area contributed by atoms with Crippen molar-refractivity contribution in [2.75, 3.05) is 12.9 Å². The minimum Gasteiger partial charge on any atom is -0.497 e. The third-order valence-electron chi connectivity index (χ3n) is 5.40. The molecule has 4 aromatic rings. The molecule has 1 heterocycles. The average Bonchev–Trinajstić information content (AvgIpc) is 3.32. The van der Waals surface area contributed by atoms with Gasteiger partial charge in [0.25, 0.3) is 5.91 Å². The molecule has 3 aromatic carbocycles. The van der Waals surface area contributed by atoms with Crippen molar-refractivity contribution in [3.63, 3.8) is 0 Å². The Balaban J connectivity index is 1.47. The Morgan fingerprint density at radius 3 is 2.39 bits per heavy atom. The highest BCUT2D eigenvalue weighted by Crippen LogP contribution is 2.29. The van der Waals surface area contributed by atoms with Gasteiger partial charge >= 0.3 is 0 Å². The van der Waals surface area contributed by atoms with Gasteiger partial charge in [-0.3, -0.25) is 9.36 Å². The first-order valence-electron chi connectivity index (χ1n) is 11.3. The number of amides is 1. The SMILES string of the molecule is COc1ccc(-c2nnc(SCC(=O)N/N=C/c3ccc(C(C)C)cc3)n2-c2ccc(Cl)cc2)cc1. The lowest BCUT2D eigenvalue weighted by Crippen LogP contribution is -2.20. The van der Waals surface area contributed by atoms with Crippen LogP contribution >= 0.6 is 23.4 Å². The molecular formula is C27H26ClN5O2S. The van der Waals surface area contributed by atoms with Crippen LogP contribution in [-0.4, -0.2) is 39.7 Å². The molecule has 184 valence electrons. The summed E-state index contributed by atoms with van der Waals surface area (Å²) in [6.07, 6.45) is 1.63. The van der Waals surface area contributed by atoms with Gasteiger partial charge in [0.15, 0.2) is 11.0 Å². The Bertz CT molecular complexity index is 1330. The van der Waals surface area contributed by atoms with Crippen molar-refractivity contribution in [3.05, 3.63) is 88.9 Å². The summed E-state index contributed by atoms with van der Waals surface area (Å²) in [4.78, 5) is 12.5. The number of rotatable bonds is 9. The average molecular weight is 520 g/mol. The molecule has 36 heavy (non-hydrogen) atoms. The number of nitrogens with one attached hydrogen (secondary N) is 1. The van der Waals surface area contributed by atoms with E-state index in [0.29, 0.717) is 21.9 Å². The largest absolute Gasteiger partial charge is 0.497 e. The van der Waals surface area contributed by atoms with Crippen LogP contribution in [-0.2, 0) is 4.79 Å². The van der Waals surface area contributed by atoms with Crippen molar-refractivity contribution < 1.29 is 9.53 Å². The van der Waals surface area contributed by atoms with Gasteiger partial charge in [0.05, 0.1) is 19.1 Å². The zero-order chi connectivity index (χ0) is 25.5. The molecule has 0 bridgehead atoms. The first-order valence-corrected chi connectivity index (χ1v) is 12.7. The van der Waals surface area contributed by atoms with Crippen molar-refractivity contribution in [2.24, 2.45) is 5.10 Å². The standard InChI is InChI=1S/C27H26ClN5O2S/c1-18(2)20-6-4-19(5-7-20)16-29-30-25(34)17-36-27-32-31-26(21-8-14-24(35-3)15-9-21)33(27)23-12-10-22(28)11-13-23/h4-16,18H,17H2,1-3H3,(H,30,34)/b29-16+. The van der Waals surface area contributed by atoms with E-state index in [9.17, 15) is 4.79 Å². The fraction of sp³-hybridized carbons (Fsp3) is 0.185. The highest BCUT2D eigenvalue weighted by molar-refractivity contribution is 7.99. The van der Waals surface area contributed by atoms with Gasteiger partial charge in [-0.15, -0.1) is 10.2 Å². The Hall–Kier alpha value is -3.62. The van der Waals surface area contributed by atoms with Crippen LogP contribution in [0.3, 0.4) is 0 Å². The molecule has 0 atom stereocenters. The van der Waals surface area contributed by atoms with Crippen molar-refractivity contribution in [1.82, 2.24) is 20.2 Å². The number of methoxy groups -OCH3 is 1. The van der Waals surface area contributed by atoms with E-state index in [1.165, 1.54) is 17.3 Å². The van der Waals surface area contributed by atoms with Gasteiger partial charge in [-0.05, 0) is 65.6 Å². The first-order chi connectivity index (χ1) is 17.4. The Labute approximate surface area is 219 Å². The number of carbonyl (C=O) groups excluding carboxylic acids is 1. The number of carbonyl (C=O) groups is 1. The van der Waals surface area contributed by atoms with Crippen molar-refractivity contribution in [2.45, 2.75) is 24.9 Å². The number of hydrogen-bond donors (Lipinski definition) is 1. The van der Waals surface area contributed by atoms with Crippen LogP contribution in [0.4, 0.5) is 0 Å². The van der Waals surface area contributed by atoms with Gasteiger partial charge in [-0.1, -0.05) is 61.5 Å². The molecule has 0 spiro atoms. The number of aromatic nitrogens is 3. The van der Waals surface area contributed by atoms with Crippen molar-refractivity contribution in [3.8, 4) is 22.8 Å². The van der Waals surface area contributed by atoms with Crippen LogP contribution in [0.25, 0.3) is 17.1 Å². The number of hydrazone groups is 1. The van der Waals surface area contributed by atoms with Crippen molar-refractivity contribution >= 4 is 35.5 Å². The number of thioether (sulfide) groups is 1. The van der Waals surface area contributed by atoms with Crippen LogP contribution in [0.15, 0.2) is 83.1 Å². The van der Waals surface area contributed by atoms with E-state index in [-0.39, 0.29) is 11.7 Å². The van der Waals surface area contributed by atoms with Gasteiger partial charge in [0.1, 0.15) is 5.75 Å². The lowest BCUT2D eigenvalue weighted by molar-refractivity contribution is -0.118. The second-order valence-corrected chi connectivity index (χ2v) is 9.63. The minimum atomic E-state index is -0.244. The fourth-order valence-electron chi connectivity index (χ4n) is 3.42. The molecular weight excluding hydrogens is 494 g/mol. The van der Waals surface area contributed by atoms with E-state index < -0.39 is 0 Å². The van der Waals surface area contributed by atoms with E-state index in [1.54, 1.807) is 25.5 Å². The number of halogens is 1. The fourth-order valence-corrected chi connectivity index (χ4v) is 4.29. The second kappa shape index (κ2) is 11.9. The van der Waals surface area contributed by atoms with Crippen molar-refractivity contribution in [1.29, 1.82) is 0 Å². The molecule has 0 unspecified atom stereocenters. The van der Waals surface area contributed by atoms with Crippen LogP contribution in [0.2, 0.25) is 5.02 Å². The molecule has 1 amide bonds. The Morgan fingerprint density at radius 1 is 1.06 bits per heavy atom. The molecule has 0 aliphatic carbocycles. The summed E-state index contributed by atoms with van der Waals surface area (Å²) in [5.74, 6) is 1.74. The Morgan fingerprint density at radius 2 is 1.75 bits per heavy atom. The highest BCUT2D eigenvalue weighted by atomic mass is 35.5. The van der Waals surface area contributed by atoms with Crippen LogP contribution < -0.4 is 10.2 Å². The van der Waals surface area contributed by atoms with E-state index in [4.69, 9.17) is 16.3 Å². The predicted molar refractivity (Wildman–Crippen MR) is 145 cm³/mol. The topological polar surface area (TPSA) is 81.4 Å². The molecule has 0 radical (unpaired) electrons. The molecule has 0 aliphatic rings. The monoisotopic (exact) mass is 519 g/mol. The van der Waals surface area contributed by atoms with E-state index in [1.807, 2.05) is 53.1 Å². The normalized spacial score (nSPS) is 11.2. The Kier molecular flexibility index (Phi) is 8.40. The molecule has 1 N–H and O–H groups in total. The summed E-state index contributed by atoms with van der Waals surface area (Å²) in [7, 11) is 1.62. The van der Waals surface area contributed by atoms with E-state index >= 15 is 0 Å². The van der Waals surface area contributed by atoms with Crippen LogP contribution in [0.1, 0.15) is 30.9 Å². The number of hydrogen-bond acceptors (Lipinski definition) is 6. The second-order valence-electron chi connectivity index (χ2n) is 8.25. The molecule has 9 heteroatoms. The molecule has 0 fully saturated rings. The van der Waals surface area contributed by atoms with E-state index in [0.717, 1.165) is 22.6 Å². The van der Waals surface area contributed by atoms with Gasteiger partial charge < -0.3 is 4.74 Å². The summed E-state index contributed by atoms with van der Waals surface area (Å²) in [5, 5.41) is 14.0. The lowest BCUT2D eigenvalue weighted by atomic mass is 10.0. The predicted octanol–water partition coefficient (Wildman–Crippen LogP) is 5.96. The number of nitrogens with zero attached hydrogens (tertiary/aromatic N) is 4. The third-order valence-corrected chi connectivity index (χ3v) is 6.59. The maximum Gasteiger partial charge on any atom is 0.250 e. The van der Waals surface area contributed by atoms with Gasteiger partial charge in [-0.2, -0.15) is 5.10 Å². The van der Waals surface area contributed by atoms with Gasteiger partial charge in [0.2, 0.25) is 0 Å². The first kappa shape index (κ1) is 25.5. The summed E-state index contributed by atoms with van der Waals surface area (Å²) in [6, 6.07) is 23.0.